The van der Waals surface area contributed by atoms with Crippen molar-refractivity contribution >= 4 is 16.8 Å². The molecule has 0 bridgehead atoms. The molecule has 0 saturated heterocycles. The van der Waals surface area contributed by atoms with E-state index in [9.17, 15) is 18.4 Å². The normalized spacial score (nSPS) is 10.9. The van der Waals surface area contributed by atoms with Crippen LogP contribution in [0.5, 0.6) is 0 Å². The third kappa shape index (κ3) is 4.35. The second kappa shape index (κ2) is 8.05. The van der Waals surface area contributed by atoms with Gasteiger partial charge in [0.05, 0.1) is 24.1 Å². The van der Waals surface area contributed by atoms with E-state index in [0.29, 0.717) is 17.0 Å². The van der Waals surface area contributed by atoms with E-state index in [0.717, 1.165) is 12.1 Å². The molecule has 0 aliphatic heterocycles. The van der Waals surface area contributed by atoms with Crippen molar-refractivity contribution in [2.45, 2.75) is 6.54 Å². The van der Waals surface area contributed by atoms with Gasteiger partial charge in [0.25, 0.3) is 11.5 Å². The summed E-state index contributed by atoms with van der Waals surface area (Å²) in [7, 11) is 1.47. The fraction of sp³-hybridized carbons (Fsp3) is 0.211. The van der Waals surface area contributed by atoms with E-state index in [2.05, 4.69) is 9.97 Å². The molecule has 140 valence electrons. The number of rotatable bonds is 6. The number of amides is 1. The highest BCUT2D eigenvalue weighted by Crippen LogP contribution is 2.13. The van der Waals surface area contributed by atoms with Crippen molar-refractivity contribution in [1.29, 1.82) is 0 Å². The van der Waals surface area contributed by atoms with Gasteiger partial charge >= 0.3 is 0 Å². The number of halogens is 2. The third-order valence-corrected chi connectivity index (χ3v) is 3.96. The van der Waals surface area contributed by atoms with Crippen molar-refractivity contribution in [2.75, 3.05) is 20.3 Å². The Labute approximate surface area is 153 Å². The Bertz CT molecular complexity index is 1020. The van der Waals surface area contributed by atoms with Crippen molar-refractivity contribution in [2.24, 2.45) is 0 Å². The summed E-state index contributed by atoms with van der Waals surface area (Å²) in [6.45, 7) is 0.325. The van der Waals surface area contributed by atoms with E-state index in [1.165, 1.54) is 12.0 Å². The van der Waals surface area contributed by atoms with E-state index in [-0.39, 0.29) is 36.6 Å². The number of hydrogen-bond donors (Lipinski definition) is 1. The number of carbonyl (C=O) groups excluding carboxylic acids is 1. The van der Waals surface area contributed by atoms with E-state index in [4.69, 9.17) is 4.74 Å². The first-order valence-corrected chi connectivity index (χ1v) is 8.20. The van der Waals surface area contributed by atoms with Crippen LogP contribution in [-0.4, -0.2) is 41.0 Å². The fourth-order valence-corrected chi connectivity index (χ4v) is 2.70. The van der Waals surface area contributed by atoms with Crippen LogP contribution in [-0.2, 0) is 11.3 Å². The molecule has 0 atom stereocenters. The zero-order valence-corrected chi connectivity index (χ0v) is 14.5. The standard InChI is InChI=1S/C19H17F2N3O3/c1-27-7-6-24(19(26)12-8-13(20)10-14(21)9-12)11-17-22-16-5-3-2-4-15(16)18(25)23-17/h2-5,8-10H,6-7,11H2,1H3,(H,22,23,25). The Hall–Kier alpha value is -3.13. The molecule has 3 aromatic rings. The highest BCUT2D eigenvalue weighted by atomic mass is 19.1. The lowest BCUT2D eigenvalue weighted by atomic mass is 10.2. The molecule has 1 aromatic heterocycles. The zero-order valence-electron chi connectivity index (χ0n) is 14.5. The van der Waals surface area contributed by atoms with Gasteiger partial charge in [0.2, 0.25) is 0 Å². The van der Waals surface area contributed by atoms with Crippen LogP contribution >= 0.6 is 0 Å². The van der Waals surface area contributed by atoms with Gasteiger partial charge in [-0.2, -0.15) is 0 Å². The lowest BCUT2D eigenvalue weighted by Gasteiger charge is -2.22. The first-order chi connectivity index (χ1) is 13.0. The Morgan fingerprint density at radius 3 is 2.59 bits per heavy atom. The molecular weight excluding hydrogens is 356 g/mol. The predicted molar refractivity (Wildman–Crippen MR) is 95.3 cm³/mol. The minimum Gasteiger partial charge on any atom is -0.383 e. The number of hydrogen-bond acceptors (Lipinski definition) is 4. The van der Waals surface area contributed by atoms with Gasteiger partial charge in [-0.1, -0.05) is 12.1 Å². The SMILES string of the molecule is COCCN(Cc1nc2ccccc2c(=O)[nH]1)C(=O)c1cc(F)cc(F)c1. The Morgan fingerprint density at radius 1 is 1.19 bits per heavy atom. The number of aromatic nitrogens is 2. The van der Waals surface area contributed by atoms with Crippen LogP contribution < -0.4 is 5.56 Å². The summed E-state index contributed by atoms with van der Waals surface area (Å²) in [5.41, 5.74) is 0.0328. The molecule has 0 spiro atoms. The number of nitrogens with zero attached hydrogens (tertiary/aromatic N) is 2. The molecule has 0 fully saturated rings. The summed E-state index contributed by atoms with van der Waals surface area (Å²) in [5.74, 6) is -2.02. The first-order valence-electron chi connectivity index (χ1n) is 8.20. The maximum absolute atomic E-state index is 13.5. The lowest BCUT2D eigenvalue weighted by Crippen LogP contribution is -2.34. The quantitative estimate of drug-likeness (QED) is 0.720. The molecule has 0 saturated carbocycles. The van der Waals surface area contributed by atoms with Gasteiger partial charge in [0.1, 0.15) is 17.5 Å². The van der Waals surface area contributed by atoms with Crippen molar-refractivity contribution in [3.63, 3.8) is 0 Å². The maximum Gasteiger partial charge on any atom is 0.258 e. The minimum absolute atomic E-state index is 0.0413. The molecule has 2 aromatic carbocycles. The van der Waals surface area contributed by atoms with Gasteiger partial charge in [-0.3, -0.25) is 9.59 Å². The van der Waals surface area contributed by atoms with Gasteiger partial charge in [-0.15, -0.1) is 0 Å². The highest BCUT2D eigenvalue weighted by Gasteiger charge is 2.19. The number of para-hydroxylation sites is 1. The summed E-state index contributed by atoms with van der Waals surface area (Å²) in [5, 5.41) is 0.434. The van der Waals surface area contributed by atoms with E-state index >= 15 is 0 Å². The van der Waals surface area contributed by atoms with Crippen molar-refractivity contribution in [3.8, 4) is 0 Å². The average molecular weight is 373 g/mol. The molecule has 1 N–H and O–H groups in total. The van der Waals surface area contributed by atoms with Gasteiger partial charge in [0, 0.05) is 25.3 Å². The molecule has 6 nitrogen and oxygen atoms in total. The number of methoxy groups -OCH3 is 1. The number of benzene rings is 2. The number of ether oxygens (including phenoxy) is 1. The van der Waals surface area contributed by atoms with E-state index in [1.807, 2.05) is 0 Å². The number of fused-ring (bicyclic) bond motifs is 1. The molecule has 0 aliphatic rings. The molecule has 0 radical (unpaired) electrons. The Kier molecular flexibility index (Phi) is 5.56. The monoisotopic (exact) mass is 373 g/mol. The predicted octanol–water partition coefficient (Wildman–Crippen LogP) is 2.49. The van der Waals surface area contributed by atoms with Gasteiger partial charge in [-0.05, 0) is 24.3 Å². The maximum atomic E-state index is 13.5. The second-order valence-electron chi connectivity index (χ2n) is 5.91. The molecular formula is C19H17F2N3O3. The number of H-pyrrole nitrogens is 1. The highest BCUT2D eigenvalue weighted by molar-refractivity contribution is 5.94. The van der Waals surface area contributed by atoms with Crippen LogP contribution in [0.1, 0.15) is 16.2 Å². The number of nitrogens with one attached hydrogen (secondary N) is 1. The molecule has 3 rings (SSSR count). The van der Waals surface area contributed by atoms with Crippen molar-refractivity contribution < 1.29 is 18.3 Å². The summed E-state index contributed by atoms with van der Waals surface area (Å²) < 4.78 is 31.9. The minimum atomic E-state index is -0.845. The smallest absolute Gasteiger partial charge is 0.258 e. The Morgan fingerprint density at radius 2 is 1.89 bits per heavy atom. The third-order valence-electron chi connectivity index (χ3n) is 3.96. The molecule has 0 unspecified atom stereocenters. The molecule has 27 heavy (non-hydrogen) atoms. The van der Waals surface area contributed by atoms with Crippen LogP contribution in [0.4, 0.5) is 8.78 Å². The fourth-order valence-electron chi connectivity index (χ4n) is 2.70. The first kappa shape index (κ1) is 18.7. The van der Waals surface area contributed by atoms with Gasteiger partial charge in [-0.25, -0.2) is 13.8 Å². The van der Waals surface area contributed by atoms with E-state index < -0.39 is 17.5 Å². The van der Waals surface area contributed by atoms with Crippen LogP contribution in [0.15, 0.2) is 47.3 Å². The van der Waals surface area contributed by atoms with Crippen LogP contribution in [0.25, 0.3) is 10.9 Å². The molecule has 0 aliphatic carbocycles. The summed E-state index contributed by atoms with van der Waals surface area (Å²) in [6, 6.07) is 9.43. The number of carbonyl (C=O) groups is 1. The average Bonchev–Trinajstić information content (AvgIpc) is 2.64. The van der Waals surface area contributed by atoms with Crippen LogP contribution in [0.2, 0.25) is 0 Å². The van der Waals surface area contributed by atoms with Crippen molar-refractivity contribution in [1.82, 2.24) is 14.9 Å². The second-order valence-corrected chi connectivity index (χ2v) is 5.91. The number of aromatic amines is 1. The molecule has 8 heteroatoms. The topological polar surface area (TPSA) is 75.3 Å². The van der Waals surface area contributed by atoms with Gasteiger partial charge in [0.15, 0.2) is 0 Å². The molecule has 1 amide bonds. The largest absolute Gasteiger partial charge is 0.383 e. The zero-order chi connectivity index (χ0) is 19.4. The molecule has 1 heterocycles. The van der Waals surface area contributed by atoms with Crippen molar-refractivity contribution in [3.05, 3.63) is 75.8 Å². The summed E-state index contributed by atoms with van der Waals surface area (Å²) in [6.07, 6.45) is 0. The Balaban J connectivity index is 1.93. The van der Waals surface area contributed by atoms with E-state index in [1.54, 1.807) is 24.3 Å². The van der Waals surface area contributed by atoms with Crippen LogP contribution in [0.3, 0.4) is 0 Å². The van der Waals surface area contributed by atoms with Crippen LogP contribution in [0, 0.1) is 11.6 Å². The summed E-state index contributed by atoms with van der Waals surface area (Å²) >= 11 is 0. The summed E-state index contributed by atoms with van der Waals surface area (Å²) in [4.78, 5) is 33.2. The lowest BCUT2D eigenvalue weighted by molar-refractivity contribution is 0.0674. The van der Waals surface area contributed by atoms with Gasteiger partial charge < -0.3 is 14.6 Å².